The fraction of sp³-hybridized carbons (Fsp3) is 0.226. The molecule has 0 aliphatic heterocycles. The highest BCUT2D eigenvalue weighted by Gasteiger charge is 2.18. The number of hydrogen-bond acceptors (Lipinski definition) is 4. The molecule has 1 N–H and O–H groups in total. The molecule has 4 aromatic rings. The molecule has 0 aliphatic rings. The normalized spacial score (nSPS) is 10.6. The minimum absolute atomic E-state index is 0.136. The van der Waals surface area contributed by atoms with Crippen molar-refractivity contribution in [1.82, 2.24) is 13.7 Å². The van der Waals surface area contributed by atoms with Crippen LogP contribution in [0, 0.1) is 25.7 Å². The number of pyridine rings is 1. The summed E-state index contributed by atoms with van der Waals surface area (Å²) >= 11 is 6.40. The van der Waals surface area contributed by atoms with Crippen LogP contribution in [0.15, 0.2) is 81.2 Å². The minimum Gasteiger partial charge on any atom is -0.319 e. The van der Waals surface area contributed by atoms with Gasteiger partial charge in [-0.05, 0) is 37.5 Å². The number of amides is 1. The van der Waals surface area contributed by atoms with Gasteiger partial charge in [0.2, 0.25) is 5.91 Å². The Kier molecular flexibility index (Phi) is 8.87. The molecule has 0 unspecified atom stereocenters. The van der Waals surface area contributed by atoms with Crippen LogP contribution in [-0.4, -0.2) is 19.6 Å². The summed E-state index contributed by atoms with van der Waals surface area (Å²) in [5.41, 5.74) is 2.97. The van der Waals surface area contributed by atoms with E-state index >= 15 is 0 Å². The van der Waals surface area contributed by atoms with E-state index in [9.17, 15) is 19.2 Å². The molecular formula is C31H29ClN4O4. The second-order valence-electron chi connectivity index (χ2n) is 9.60. The van der Waals surface area contributed by atoms with Crippen molar-refractivity contribution in [2.75, 3.05) is 5.32 Å². The van der Waals surface area contributed by atoms with Gasteiger partial charge in [-0.25, -0.2) is 4.79 Å². The number of carbonyl (C=O) groups excluding carboxylic acids is 1. The second kappa shape index (κ2) is 12.5. The van der Waals surface area contributed by atoms with Crippen LogP contribution in [0.4, 0.5) is 5.69 Å². The average Bonchev–Trinajstić information content (AvgIpc) is 2.94. The van der Waals surface area contributed by atoms with E-state index in [4.69, 9.17) is 11.6 Å². The third-order valence-electron chi connectivity index (χ3n) is 6.44. The summed E-state index contributed by atoms with van der Waals surface area (Å²) in [6.07, 6.45) is 2.29. The van der Waals surface area contributed by atoms with Gasteiger partial charge in [0, 0.05) is 31.3 Å². The van der Waals surface area contributed by atoms with E-state index in [1.54, 1.807) is 16.8 Å². The van der Waals surface area contributed by atoms with Gasteiger partial charge in [0.05, 0.1) is 13.1 Å². The largest absolute Gasteiger partial charge is 0.332 e. The molecule has 40 heavy (non-hydrogen) atoms. The van der Waals surface area contributed by atoms with E-state index in [1.165, 1.54) is 13.1 Å². The molecule has 0 fully saturated rings. The maximum atomic E-state index is 12.7. The Morgan fingerprint density at radius 3 is 2.17 bits per heavy atom. The van der Waals surface area contributed by atoms with Crippen LogP contribution in [0.3, 0.4) is 0 Å². The van der Waals surface area contributed by atoms with Gasteiger partial charge in [0.15, 0.2) is 0 Å². The SMILES string of the molecule is Cc1ccc(CCC(=O)Nc2c(Cl)n(CC#Cc3ccn(Cc4ccc(C)cc4)c(=O)c3)c(=O)n(C)c2=O)cc1. The highest BCUT2D eigenvalue weighted by Crippen LogP contribution is 2.16. The van der Waals surface area contributed by atoms with Crippen molar-refractivity contribution in [1.29, 1.82) is 0 Å². The maximum Gasteiger partial charge on any atom is 0.332 e. The second-order valence-corrected chi connectivity index (χ2v) is 9.96. The van der Waals surface area contributed by atoms with Crippen LogP contribution >= 0.6 is 11.6 Å². The first-order valence-corrected chi connectivity index (χ1v) is 13.1. The third kappa shape index (κ3) is 6.87. The number of aryl methyl sites for hydroxylation is 3. The van der Waals surface area contributed by atoms with Gasteiger partial charge >= 0.3 is 5.69 Å². The smallest absolute Gasteiger partial charge is 0.319 e. The molecule has 1 amide bonds. The van der Waals surface area contributed by atoms with Crippen molar-refractivity contribution in [3.8, 4) is 11.8 Å². The zero-order valence-corrected chi connectivity index (χ0v) is 23.3. The summed E-state index contributed by atoms with van der Waals surface area (Å²) in [4.78, 5) is 50.6. The Labute approximate surface area is 236 Å². The zero-order valence-electron chi connectivity index (χ0n) is 22.5. The summed E-state index contributed by atoms with van der Waals surface area (Å²) < 4.78 is 3.55. The highest BCUT2D eigenvalue weighted by atomic mass is 35.5. The van der Waals surface area contributed by atoms with Gasteiger partial charge in [-0.1, -0.05) is 83.1 Å². The molecule has 0 saturated carbocycles. The summed E-state index contributed by atoms with van der Waals surface area (Å²) in [7, 11) is 1.31. The number of carbonyl (C=O) groups is 1. The van der Waals surface area contributed by atoms with E-state index in [2.05, 4.69) is 17.2 Å². The Hall–Kier alpha value is -4.61. The van der Waals surface area contributed by atoms with Crippen LogP contribution < -0.4 is 22.1 Å². The first kappa shape index (κ1) is 28.4. The number of rotatable bonds is 7. The average molecular weight is 557 g/mol. The summed E-state index contributed by atoms with van der Waals surface area (Å²) in [5, 5.41) is 2.35. The van der Waals surface area contributed by atoms with Gasteiger partial charge < -0.3 is 9.88 Å². The zero-order chi connectivity index (χ0) is 28.8. The summed E-state index contributed by atoms with van der Waals surface area (Å²) in [6, 6.07) is 18.9. The number of halogens is 1. The molecule has 0 aliphatic carbocycles. The van der Waals surface area contributed by atoms with Crippen molar-refractivity contribution in [3.63, 3.8) is 0 Å². The number of nitrogens with one attached hydrogen (secondary N) is 1. The molecule has 0 radical (unpaired) electrons. The molecule has 8 nitrogen and oxygen atoms in total. The number of benzene rings is 2. The molecule has 0 bridgehead atoms. The lowest BCUT2D eigenvalue weighted by Gasteiger charge is -2.13. The number of aromatic nitrogens is 3. The van der Waals surface area contributed by atoms with Crippen LogP contribution in [0.2, 0.25) is 5.15 Å². The van der Waals surface area contributed by atoms with E-state index in [0.29, 0.717) is 18.5 Å². The molecule has 2 aromatic heterocycles. The fourth-order valence-corrected chi connectivity index (χ4v) is 4.29. The van der Waals surface area contributed by atoms with Crippen LogP contribution in [-0.2, 0) is 31.4 Å². The number of anilines is 1. The number of hydrogen-bond donors (Lipinski definition) is 1. The molecule has 0 atom stereocenters. The van der Waals surface area contributed by atoms with Gasteiger partial charge in [0.1, 0.15) is 10.8 Å². The lowest BCUT2D eigenvalue weighted by atomic mass is 10.1. The molecular weight excluding hydrogens is 528 g/mol. The molecule has 0 spiro atoms. The van der Waals surface area contributed by atoms with Crippen LogP contribution in [0.25, 0.3) is 0 Å². The molecule has 9 heteroatoms. The Morgan fingerprint density at radius 1 is 0.925 bits per heavy atom. The van der Waals surface area contributed by atoms with E-state index in [-0.39, 0.29) is 29.4 Å². The molecule has 2 heterocycles. The topological polar surface area (TPSA) is 95.1 Å². The van der Waals surface area contributed by atoms with Crippen LogP contribution in [0.5, 0.6) is 0 Å². The monoisotopic (exact) mass is 556 g/mol. The van der Waals surface area contributed by atoms with Gasteiger partial charge in [-0.2, -0.15) is 0 Å². The van der Waals surface area contributed by atoms with E-state index < -0.39 is 17.2 Å². The van der Waals surface area contributed by atoms with Crippen molar-refractivity contribution < 1.29 is 4.79 Å². The first-order valence-electron chi connectivity index (χ1n) is 12.7. The fourth-order valence-electron chi connectivity index (χ4n) is 4.03. The standard InChI is InChI=1S/C31H29ClN4O4/c1-21-6-10-23(11-7-21)14-15-26(37)33-28-29(32)36(31(40)34(3)30(28)39)17-4-5-24-16-18-35(27(38)19-24)20-25-12-8-22(2)9-13-25/h6-13,16,18-19H,14-15,17,20H2,1-3H3,(H,33,37). The Balaban J connectivity index is 1.48. The van der Waals surface area contributed by atoms with Crippen molar-refractivity contribution >= 4 is 23.2 Å². The highest BCUT2D eigenvalue weighted by molar-refractivity contribution is 6.32. The molecule has 2 aromatic carbocycles. The Bertz CT molecular complexity index is 1790. The summed E-state index contributed by atoms with van der Waals surface area (Å²) in [5.74, 6) is 5.30. The van der Waals surface area contributed by atoms with Crippen molar-refractivity contribution in [2.24, 2.45) is 7.05 Å². The first-order chi connectivity index (χ1) is 19.1. The lowest BCUT2D eigenvalue weighted by Crippen LogP contribution is -2.40. The summed E-state index contributed by atoms with van der Waals surface area (Å²) in [6.45, 7) is 4.28. The van der Waals surface area contributed by atoms with Crippen molar-refractivity contribution in [2.45, 2.75) is 39.8 Å². The Morgan fingerprint density at radius 2 is 1.55 bits per heavy atom. The molecule has 204 valence electrons. The molecule has 4 rings (SSSR count). The predicted octanol–water partition coefficient (Wildman–Crippen LogP) is 3.65. The van der Waals surface area contributed by atoms with E-state index in [1.807, 2.05) is 62.4 Å². The quantitative estimate of drug-likeness (QED) is 0.278. The molecule has 0 saturated heterocycles. The maximum absolute atomic E-state index is 12.7. The minimum atomic E-state index is -0.708. The third-order valence-corrected chi connectivity index (χ3v) is 6.84. The van der Waals surface area contributed by atoms with Crippen molar-refractivity contribution in [3.05, 3.63) is 131 Å². The lowest BCUT2D eigenvalue weighted by molar-refractivity contribution is -0.116. The predicted molar refractivity (Wildman–Crippen MR) is 157 cm³/mol. The van der Waals surface area contributed by atoms with E-state index in [0.717, 1.165) is 31.4 Å². The van der Waals surface area contributed by atoms with Gasteiger partial charge in [-0.3, -0.25) is 23.5 Å². The van der Waals surface area contributed by atoms with Gasteiger partial charge in [-0.15, -0.1) is 0 Å². The van der Waals surface area contributed by atoms with Crippen LogP contribution in [0.1, 0.15) is 34.2 Å². The van der Waals surface area contributed by atoms with Gasteiger partial charge in [0.25, 0.3) is 11.1 Å². The number of nitrogens with zero attached hydrogens (tertiary/aromatic N) is 3.